The molecule has 122 valence electrons. The van der Waals surface area contributed by atoms with Gasteiger partial charge >= 0.3 is 6.18 Å². The van der Waals surface area contributed by atoms with Crippen molar-refractivity contribution in [1.82, 2.24) is 10.2 Å². The fourth-order valence-electron chi connectivity index (χ4n) is 2.42. The van der Waals surface area contributed by atoms with E-state index in [-0.39, 0.29) is 16.5 Å². The van der Waals surface area contributed by atoms with E-state index in [1.807, 2.05) is 14.0 Å². The Bertz CT molecular complexity index is 519. The van der Waals surface area contributed by atoms with Gasteiger partial charge in [-0.2, -0.15) is 13.2 Å². The summed E-state index contributed by atoms with van der Waals surface area (Å²) in [5.74, 6) is 0.0472. The molecular formula is C15H19F3N2OS. The molecule has 1 saturated heterocycles. The molecule has 1 aromatic carbocycles. The predicted octanol–water partition coefficient (Wildman–Crippen LogP) is 3.28. The number of amides is 1. The second kappa shape index (κ2) is 6.91. The van der Waals surface area contributed by atoms with Crippen molar-refractivity contribution in [1.29, 1.82) is 0 Å². The summed E-state index contributed by atoms with van der Waals surface area (Å²) in [7, 11) is 1.84. The summed E-state index contributed by atoms with van der Waals surface area (Å²) in [5.41, 5.74) is 0.0699. The molecule has 2 atom stereocenters. The van der Waals surface area contributed by atoms with Gasteiger partial charge in [0.15, 0.2) is 0 Å². The first-order chi connectivity index (χ1) is 10.3. The van der Waals surface area contributed by atoms with Gasteiger partial charge in [-0.15, -0.1) is 11.8 Å². The lowest BCUT2D eigenvalue weighted by molar-refractivity contribution is -0.137. The Morgan fingerprint density at radius 3 is 2.45 bits per heavy atom. The predicted molar refractivity (Wildman–Crippen MR) is 81.5 cm³/mol. The zero-order valence-electron chi connectivity index (χ0n) is 12.5. The molecule has 1 aliphatic heterocycles. The minimum atomic E-state index is -4.34. The zero-order chi connectivity index (χ0) is 16.3. The minimum absolute atomic E-state index is 0.0472. The number of nitrogens with zero attached hydrogens (tertiary/aromatic N) is 1. The van der Waals surface area contributed by atoms with Crippen LogP contribution in [0.4, 0.5) is 13.2 Å². The maximum Gasteiger partial charge on any atom is 0.416 e. The van der Waals surface area contributed by atoms with Crippen LogP contribution in [-0.2, 0) is 11.0 Å². The van der Waals surface area contributed by atoms with Crippen LogP contribution in [0, 0.1) is 0 Å². The molecule has 0 saturated carbocycles. The van der Waals surface area contributed by atoms with Crippen LogP contribution in [0.25, 0.3) is 0 Å². The van der Waals surface area contributed by atoms with E-state index in [4.69, 9.17) is 0 Å². The largest absolute Gasteiger partial charge is 0.416 e. The Labute approximate surface area is 132 Å². The number of halogens is 3. The fraction of sp³-hybridized carbons (Fsp3) is 0.533. The van der Waals surface area contributed by atoms with E-state index < -0.39 is 11.7 Å². The number of hydrogen-bond donors (Lipinski definition) is 1. The second-order valence-electron chi connectivity index (χ2n) is 5.24. The molecule has 2 rings (SSSR count). The van der Waals surface area contributed by atoms with Crippen LogP contribution in [0.5, 0.6) is 0 Å². The van der Waals surface area contributed by atoms with Crippen LogP contribution in [0.1, 0.15) is 29.8 Å². The van der Waals surface area contributed by atoms with E-state index in [2.05, 4.69) is 5.32 Å². The molecule has 0 aliphatic carbocycles. The Balaban J connectivity index is 2.16. The van der Waals surface area contributed by atoms with Gasteiger partial charge in [0.2, 0.25) is 5.91 Å². The van der Waals surface area contributed by atoms with Gasteiger partial charge in [-0.05, 0) is 44.6 Å². The van der Waals surface area contributed by atoms with Crippen molar-refractivity contribution in [2.45, 2.75) is 30.1 Å². The van der Waals surface area contributed by atoms with Crippen LogP contribution in [0.2, 0.25) is 0 Å². The SMILES string of the molecule is CNCCCN1C(=O)[C@H](C)S[C@H]1c1ccc(C(F)(F)F)cc1. The van der Waals surface area contributed by atoms with Crippen molar-refractivity contribution in [3.05, 3.63) is 35.4 Å². The van der Waals surface area contributed by atoms with E-state index in [0.717, 1.165) is 30.7 Å². The second-order valence-corrected chi connectivity index (χ2v) is 6.66. The number of nitrogens with one attached hydrogen (secondary N) is 1. The molecule has 22 heavy (non-hydrogen) atoms. The summed E-state index contributed by atoms with van der Waals surface area (Å²) < 4.78 is 37.9. The normalized spacial score (nSPS) is 22.4. The lowest BCUT2D eigenvalue weighted by atomic mass is 10.1. The molecule has 0 bridgehead atoms. The summed E-state index contributed by atoms with van der Waals surface area (Å²) in [6, 6.07) is 5.10. The smallest absolute Gasteiger partial charge is 0.326 e. The molecular weight excluding hydrogens is 313 g/mol. The number of carbonyl (C=O) groups excluding carboxylic acids is 1. The van der Waals surface area contributed by atoms with Gasteiger partial charge in [0, 0.05) is 6.54 Å². The average molecular weight is 332 g/mol. The third-order valence-corrected chi connectivity index (χ3v) is 4.99. The molecule has 0 radical (unpaired) electrons. The summed E-state index contributed by atoms with van der Waals surface area (Å²) in [6.07, 6.45) is -3.52. The molecule has 1 heterocycles. The van der Waals surface area contributed by atoms with Crippen molar-refractivity contribution >= 4 is 17.7 Å². The first-order valence-electron chi connectivity index (χ1n) is 7.12. The van der Waals surface area contributed by atoms with Crippen LogP contribution < -0.4 is 5.32 Å². The molecule has 0 unspecified atom stereocenters. The van der Waals surface area contributed by atoms with Gasteiger partial charge < -0.3 is 10.2 Å². The van der Waals surface area contributed by atoms with Crippen molar-refractivity contribution in [2.24, 2.45) is 0 Å². The van der Waals surface area contributed by atoms with Crippen LogP contribution >= 0.6 is 11.8 Å². The van der Waals surface area contributed by atoms with E-state index in [0.29, 0.717) is 6.54 Å². The summed E-state index contributed by atoms with van der Waals surface area (Å²) in [4.78, 5) is 14.0. The average Bonchev–Trinajstić information content (AvgIpc) is 2.75. The Hall–Kier alpha value is -1.21. The Morgan fingerprint density at radius 1 is 1.27 bits per heavy atom. The van der Waals surface area contributed by atoms with E-state index in [1.165, 1.54) is 23.9 Å². The molecule has 1 amide bonds. The number of hydrogen-bond acceptors (Lipinski definition) is 3. The molecule has 1 aliphatic rings. The van der Waals surface area contributed by atoms with Gasteiger partial charge in [0.05, 0.1) is 10.8 Å². The molecule has 1 aromatic rings. The number of rotatable bonds is 5. The van der Waals surface area contributed by atoms with Gasteiger partial charge in [0.1, 0.15) is 5.37 Å². The maximum atomic E-state index is 12.6. The van der Waals surface area contributed by atoms with Crippen LogP contribution in [0.3, 0.4) is 0 Å². The number of alkyl halides is 3. The lowest BCUT2D eigenvalue weighted by Crippen LogP contribution is -2.32. The highest BCUT2D eigenvalue weighted by Crippen LogP contribution is 2.43. The van der Waals surface area contributed by atoms with Gasteiger partial charge in [-0.25, -0.2) is 0 Å². The molecule has 3 nitrogen and oxygen atoms in total. The molecule has 1 fully saturated rings. The first kappa shape index (κ1) is 17.1. The Kier molecular flexibility index (Phi) is 5.39. The monoisotopic (exact) mass is 332 g/mol. The highest BCUT2D eigenvalue weighted by Gasteiger charge is 2.38. The van der Waals surface area contributed by atoms with Crippen molar-refractivity contribution < 1.29 is 18.0 Å². The van der Waals surface area contributed by atoms with Crippen molar-refractivity contribution in [2.75, 3.05) is 20.1 Å². The van der Waals surface area contributed by atoms with Crippen molar-refractivity contribution in [3.63, 3.8) is 0 Å². The lowest BCUT2D eigenvalue weighted by Gasteiger charge is -2.24. The zero-order valence-corrected chi connectivity index (χ0v) is 13.3. The number of carbonyl (C=O) groups is 1. The maximum absolute atomic E-state index is 12.6. The number of benzene rings is 1. The van der Waals surface area contributed by atoms with Gasteiger partial charge in [-0.3, -0.25) is 4.79 Å². The highest BCUT2D eigenvalue weighted by atomic mass is 32.2. The standard InChI is InChI=1S/C15H19F3N2OS/c1-10-13(21)20(9-3-8-19-2)14(22-10)11-4-6-12(7-5-11)15(16,17)18/h4-7,10,14,19H,3,8-9H2,1-2H3/t10-,14-/m0/s1. The first-order valence-corrected chi connectivity index (χ1v) is 8.06. The van der Waals surface area contributed by atoms with E-state index >= 15 is 0 Å². The Morgan fingerprint density at radius 2 is 1.91 bits per heavy atom. The molecule has 0 aromatic heterocycles. The molecule has 0 spiro atoms. The van der Waals surface area contributed by atoms with E-state index in [1.54, 1.807) is 4.90 Å². The van der Waals surface area contributed by atoms with E-state index in [9.17, 15) is 18.0 Å². The van der Waals surface area contributed by atoms with Crippen LogP contribution in [-0.4, -0.2) is 36.2 Å². The third-order valence-electron chi connectivity index (χ3n) is 3.60. The topological polar surface area (TPSA) is 32.3 Å². The summed E-state index contributed by atoms with van der Waals surface area (Å²) >= 11 is 1.48. The summed E-state index contributed by atoms with van der Waals surface area (Å²) in [6.45, 7) is 3.23. The minimum Gasteiger partial charge on any atom is -0.326 e. The van der Waals surface area contributed by atoms with Gasteiger partial charge in [0.25, 0.3) is 0 Å². The fourth-order valence-corrected chi connectivity index (χ4v) is 3.73. The number of thioether (sulfide) groups is 1. The van der Waals surface area contributed by atoms with Crippen molar-refractivity contribution in [3.8, 4) is 0 Å². The quantitative estimate of drug-likeness (QED) is 0.840. The van der Waals surface area contributed by atoms with Gasteiger partial charge in [-0.1, -0.05) is 12.1 Å². The highest BCUT2D eigenvalue weighted by molar-refractivity contribution is 8.01. The molecule has 1 N–H and O–H groups in total. The van der Waals surface area contributed by atoms with Crippen LogP contribution in [0.15, 0.2) is 24.3 Å². The molecule has 7 heteroatoms. The summed E-state index contributed by atoms with van der Waals surface area (Å²) in [5, 5.41) is 2.65. The third kappa shape index (κ3) is 3.76.